The zero-order valence-corrected chi connectivity index (χ0v) is 15.5. The number of nitrogens with zero attached hydrogens (tertiary/aromatic N) is 3. The molecular formula is C19H20N4O5. The monoisotopic (exact) mass is 384 g/mol. The van der Waals surface area contributed by atoms with Gasteiger partial charge in [-0.3, -0.25) is 14.5 Å². The summed E-state index contributed by atoms with van der Waals surface area (Å²) < 4.78 is 6.62. The number of rotatable bonds is 7. The van der Waals surface area contributed by atoms with Crippen LogP contribution in [0.1, 0.15) is 23.0 Å². The third-order valence-electron chi connectivity index (χ3n) is 4.23. The lowest BCUT2D eigenvalue weighted by Crippen LogP contribution is -2.34. The van der Waals surface area contributed by atoms with Crippen molar-refractivity contribution in [2.75, 3.05) is 25.1 Å². The van der Waals surface area contributed by atoms with E-state index in [9.17, 15) is 14.4 Å². The average Bonchev–Trinajstić information content (AvgIpc) is 3.18. The summed E-state index contributed by atoms with van der Waals surface area (Å²) in [7, 11) is 0. The highest BCUT2D eigenvalue weighted by Crippen LogP contribution is 2.20. The third kappa shape index (κ3) is 3.65. The standard InChI is InChI=1S/C19H20N4O5/c1-3-28-19(27)15-11-20-23(12(15)2)14-6-4-13(5-7-14)21-16-10-17(25)22(8-9-24)18(16)26/h4-7,10-11,21,24H,3,8-9H2,1-2H3. The minimum absolute atomic E-state index is 0.0420. The molecule has 2 heterocycles. The van der Waals surface area contributed by atoms with E-state index in [1.54, 1.807) is 42.8 Å². The molecule has 0 atom stereocenters. The van der Waals surface area contributed by atoms with Gasteiger partial charge >= 0.3 is 5.97 Å². The summed E-state index contributed by atoms with van der Waals surface area (Å²) in [6.45, 7) is 3.47. The van der Waals surface area contributed by atoms with Crippen LogP contribution < -0.4 is 5.32 Å². The average molecular weight is 384 g/mol. The first-order valence-electron chi connectivity index (χ1n) is 8.73. The number of amides is 2. The Hall–Kier alpha value is -3.46. The van der Waals surface area contributed by atoms with Crippen molar-refractivity contribution in [1.29, 1.82) is 0 Å². The maximum atomic E-state index is 12.2. The van der Waals surface area contributed by atoms with Crippen molar-refractivity contribution in [2.24, 2.45) is 0 Å². The van der Waals surface area contributed by atoms with E-state index in [2.05, 4.69) is 10.4 Å². The summed E-state index contributed by atoms with van der Waals surface area (Å²) >= 11 is 0. The largest absolute Gasteiger partial charge is 0.462 e. The predicted octanol–water partition coefficient (Wildman–Crippen LogP) is 1.01. The summed E-state index contributed by atoms with van der Waals surface area (Å²) in [5.41, 5.74) is 2.53. The van der Waals surface area contributed by atoms with Gasteiger partial charge in [0.2, 0.25) is 0 Å². The molecule has 1 aromatic carbocycles. The first-order valence-corrected chi connectivity index (χ1v) is 8.73. The number of carbonyl (C=O) groups is 3. The van der Waals surface area contributed by atoms with Crippen molar-refractivity contribution in [3.8, 4) is 5.69 Å². The van der Waals surface area contributed by atoms with Crippen LogP contribution in [0.3, 0.4) is 0 Å². The van der Waals surface area contributed by atoms with Crippen LogP contribution in [-0.4, -0.2) is 57.3 Å². The molecule has 2 aromatic rings. The van der Waals surface area contributed by atoms with Crippen LogP contribution in [0, 0.1) is 6.92 Å². The molecule has 0 bridgehead atoms. The van der Waals surface area contributed by atoms with Gasteiger partial charge in [-0.05, 0) is 38.1 Å². The quantitative estimate of drug-likeness (QED) is 0.541. The molecule has 0 saturated carbocycles. The second kappa shape index (κ2) is 8.05. The van der Waals surface area contributed by atoms with Crippen molar-refractivity contribution in [1.82, 2.24) is 14.7 Å². The number of hydrogen-bond acceptors (Lipinski definition) is 7. The van der Waals surface area contributed by atoms with E-state index in [1.165, 1.54) is 12.3 Å². The number of nitrogens with one attached hydrogen (secondary N) is 1. The van der Waals surface area contributed by atoms with Gasteiger partial charge in [0.15, 0.2) is 0 Å². The fraction of sp³-hybridized carbons (Fsp3) is 0.263. The molecule has 0 radical (unpaired) electrons. The van der Waals surface area contributed by atoms with Crippen molar-refractivity contribution in [2.45, 2.75) is 13.8 Å². The van der Waals surface area contributed by atoms with Gasteiger partial charge in [0.05, 0.1) is 37.3 Å². The van der Waals surface area contributed by atoms with Gasteiger partial charge in [0.1, 0.15) is 11.3 Å². The lowest BCUT2D eigenvalue weighted by atomic mass is 10.2. The molecular weight excluding hydrogens is 364 g/mol. The fourth-order valence-electron chi connectivity index (χ4n) is 2.83. The van der Waals surface area contributed by atoms with E-state index >= 15 is 0 Å². The van der Waals surface area contributed by atoms with Crippen LogP contribution in [0.2, 0.25) is 0 Å². The summed E-state index contributed by atoms with van der Waals surface area (Å²) in [5, 5.41) is 16.1. The predicted molar refractivity (Wildman–Crippen MR) is 99.8 cm³/mol. The first kappa shape index (κ1) is 19.3. The van der Waals surface area contributed by atoms with Crippen LogP contribution in [0.15, 0.2) is 42.2 Å². The molecule has 0 unspecified atom stereocenters. The molecule has 1 aliphatic rings. The van der Waals surface area contributed by atoms with Crippen LogP contribution in [0.4, 0.5) is 5.69 Å². The number of aliphatic hydroxyl groups is 1. The molecule has 1 aliphatic heterocycles. The van der Waals surface area contributed by atoms with E-state index in [0.717, 1.165) is 10.6 Å². The van der Waals surface area contributed by atoms with Crippen LogP contribution >= 0.6 is 0 Å². The van der Waals surface area contributed by atoms with Crippen LogP contribution in [0.25, 0.3) is 5.69 Å². The molecule has 28 heavy (non-hydrogen) atoms. The number of hydrogen-bond donors (Lipinski definition) is 2. The Morgan fingerprint density at radius 1 is 1.25 bits per heavy atom. The SMILES string of the molecule is CCOC(=O)c1cnn(-c2ccc(NC3=CC(=O)N(CCO)C3=O)cc2)c1C. The molecule has 0 aliphatic carbocycles. The van der Waals surface area contributed by atoms with Gasteiger partial charge in [-0.25, -0.2) is 9.48 Å². The number of benzene rings is 1. The van der Waals surface area contributed by atoms with Crippen molar-refractivity contribution >= 4 is 23.5 Å². The Kier molecular flexibility index (Phi) is 5.55. The number of aliphatic hydroxyl groups excluding tert-OH is 1. The number of ether oxygens (including phenoxy) is 1. The highest BCUT2D eigenvalue weighted by atomic mass is 16.5. The smallest absolute Gasteiger partial charge is 0.341 e. The minimum Gasteiger partial charge on any atom is -0.462 e. The lowest BCUT2D eigenvalue weighted by Gasteiger charge is -2.13. The highest BCUT2D eigenvalue weighted by molar-refractivity contribution is 6.17. The molecule has 9 heteroatoms. The number of carbonyl (C=O) groups excluding carboxylic acids is 3. The number of esters is 1. The Labute approximate surface area is 161 Å². The lowest BCUT2D eigenvalue weighted by molar-refractivity contribution is -0.137. The molecule has 0 spiro atoms. The zero-order valence-electron chi connectivity index (χ0n) is 15.5. The van der Waals surface area contributed by atoms with E-state index < -0.39 is 17.8 Å². The van der Waals surface area contributed by atoms with Gasteiger partial charge in [-0.1, -0.05) is 0 Å². The van der Waals surface area contributed by atoms with E-state index in [0.29, 0.717) is 16.9 Å². The maximum Gasteiger partial charge on any atom is 0.341 e. The first-order chi connectivity index (χ1) is 13.5. The highest BCUT2D eigenvalue weighted by Gasteiger charge is 2.30. The topological polar surface area (TPSA) is 114 Å². The molecule has 0 saturated heterocycles. The molecule has 2 N–H and O–H groups in total. The number of anilines is 1. The normalized spacial score (nSPS) is 13.7. The van der Waals surface area contributed by atoms with Crippen LogP contribution in [-0.2, 0) is 14.3 Å². The summed E-state index contributed by atoms with van der Waals surface area (Å²) in [5.74, 6) is -1.37. The van der Waals surface area contributed by atoms with Gasteiger partial charge in [-0.15, -0.1) is 0 Å². The van der Waals surface area contributed by atoms with Gasteiger partial charge in [-0.2, -0.15) is 5.10 Å². The van der Waals surface area contributed by atoms with Gasteiger partial charge in [0.25, 0.3) is 11.8 Å². The van der Waals surface area contributed by atoms with Gasteiger partial charge in [0, 0.05) is 11.8 Å². The van der Waals surface area contributed by atoms with Crippen molar-refractivity contribution < 1.29 is 24.2 Å². The molecule has 146 valence electrons. The van der Waals surface area contributed by atoms with E-state index in [1.807, 2.05) is 0 Å². The number of β-amino-alcohol motifs (C(OH)–C–C–N with tert-alkyl or cyclic N) is 1. The Bertz CT molecular complexity index is 946. The molecule has 9 nitrogen and oxygen atoms in total. The number of imide groups is 1. The summed E-state index contributed by atoms with van der Waals surface area (Å²) in [4.78, 5) is 36.8. The zero-order chi connectivity index (χ0) is 20.3. The third-order valence-corrected chi connectivity index (χ3v) is 4.23. The van der Waals surface area contributed by atoms with E-state index in [-0.39, 0.29) is 25.5 Å². The summed E-state index contributed by atoms with van der Waals surface area (Å²) in [6, 6.07) is 7.00. The Morgan fingerprint density at radius 2 is 1.96 bits per heavy atom. The fourth-order valence-corrected chi connectivity index (χ4v) is 2.83. The number of aromatic nitrogens is 2. The van der Waals surface area contributed by atoms with Crippen LogP contribution in [0.5, 0.6) is 0 Å². The summed E-state index contributed by atoms with van der Waals surface area (Å²) in [6.07, 6.45) is 2.66. The van der Waals surface area contributed by atoms with Crippen molar-refractivity contribution in [3.63, 3.8) is 0 Å². The molecule has 3 rings (SSSR count). The molecule has 1 aromatic heterocycles. The van der Waals surface area contributed by atoms with Crippen molar-refractivity contribution in [3.05, 3.63) is 53.5 Å². The Balaban J connectivity index is 1.75. The Morgan fingerprint density at radius 3 is 2.61 bits per heavy atom. The minimum atomic E-state index is -0.481. The molecule has 2 amide bonds. The second-order valence-electron chi connectivity index (χ2n) is 6.02. The maximum absolute atomic E-state index is 12.2. The van der Waals surface area contributed by atoms with E-state index in [4.69, 9.17) is 9.84 Å². The molecule has 0 fully saturated rings. The second-order valence-corrected chi connectivity index (χ2v) is 6.02. The van der Waals surface area contributed by atoms with Gasteiger partial charge < -0.3 is 15.2 Å².